The van der Waals surface area contributed by atoms with Crippen LogP contribution in [0.1, 0.15) is 33.6 Å². The van der Waals surface area contributed by atoms with Gasteiger partial charge in [0.1, 0.15) is 6.17 Å². The lowest BCUT2D eigenvalue weighted by molar-refractivity contribution is 0.248. The molecule has 0 aliphatic carbocycles. The summed E-state index contributed by atoms with van der Waals surface area (Å²) in [5.41, 5.74) is 0. The lowest BCUT2D eigenvalue weighted by Gasteiger charge is -2.10. The minimum atomic E-state index is -0.942. The van der Waals surface area contributed by atoms with Crippen molar-refractivity contribution in [3.05, 3.63) is 0 Å². The fourth-order valence-electron chi connectivity index (χ4n) is 0.823. The van der Waals surface area contributed by atoms with Gasteiger partial charge in [-0.1, -0.05) is 13.8 Å². The summed E-state index contributed by atoms with van der Waals surface area (Å²) in [6.07, 6.45) is 0.446. The van der Waals surface area contributed by atoms with Crippen molar-refractivity contribution in [2.45, 2.75) is 39.8 Å². The summed E-state index contributed by atoms with van der Waals surface area (Å²) in [5, 5.41) is 8.38. The first kappa shape index (κ1) is 10.4. The average Bonchev–Trinajstić information content (AvgIpc) is 1.98. The highest BCUT2D eigenvalue weighted by Crippen LogP contribution is 2.15. The molecule has 2 atom stereocenters. The third-order valence-electron chi connectivity index (χ3n) is 1.77. The van der Waals surface area contributed by atoms with Crippen LogP contribution in [0.15, 0.2) is 0 Å². The SMILES string of the molecule is CC(C)CCC(F)C(C)C#N. The number of nitriles is 1. The van der Waals surface area contributed by atoms with Gasteiger partial charge >= 0.3 is 0 Å². The van der Waals surface area contributed by atoms with Gasteiger partial charge in [0.25, 0.3) is 0 Å². The highest BCUT2D eigenvalue weighted by molar-refractivity contribution is 4.84. The molecule has 0 heterocycles. The summed E-state index contributed by atoms with van der Waals surface area (Å²) in [4.78, 5) is 0. The Labute approximate surface area is 68.2 Å². The van der Waals surface area contributed by atoms with E-state index in [2.05, 4.69) is 13.8 Å². The molecule has 0 spiro atoms. The zero-order valence-electron chi connectivity index (χ0n) is 7.47. The van der Waals surface area contributed by atoms with Crippen molar-refractivity contribution in [1.29, 1.82) is 5.26 Å². The van der Waals surface area contributed by atoms with Crippen molar-refractivity contribution < 1.29 is 4.39 Å². The molecule has 0 aromatic heterocycles. The van der Waals surface area contributed by atoms with E-state index >= 15 is 0 Å². The maximum absolute atomic E-state index is 12.9. The smallest absolute Gasteiger partial charge is 0.116 e. The standard InChI is InChI=1S/C9H16FN/c1-7(2)4-5-9(10)8(3)6-11/h7-9H,4-5H2,1-3H3. The molecule has 0 saturated heterocycles. The molecule has 0 aliphatic rings. The van der Waals surface area contributed by atoms with E-state index in [1.54, 1.807) is 6.92 Å². The molecule has 0 aromatic carbocycles. The van der Waals surface area contributed by atoms with E-state index in [1.165, 1.54) is 0 Å². The zero-order valence-corrected chi connectivity index (χ0v) is 7.47. The molecule has 0 aliphatic heterocycles. The summed E-state index contributed by atoms with van der Waals surface area (Å²) >= 11 is 0. The van der Waals surface area contributed by atoms with Gasteiger partial charge < -0.3 is 0 Å². The highest BCUT2D eigenvalue weighted by atomic mass is 19.1. The van der Waals surface area contributed by atoms with Crippen LogP contribution in [0.4, 0.5) is 4.39 Å². The number of nitrogens with zero attached hydrogens (tertiary/aromatic N) is 1. The molecular weight excluding hydrogens is 141 g/mol. The molecule has 11 heavy (non-hydrogen) atoms. The van der Waals surface area contributed by atoms with Gasteiger partial charge in [-0.05, 0) is 25.7 Å². The summed E-state index contributed by atoms with van der Waals surface area (Å²) in [5.74, 6) is 0.0768. The fraction of sp³-hybridized carbons (Fsp3) is 0.889. The normalized spacial score (nSPS) is 16.0. The second kappa shape index (κ2) is 5.12. The maximum Gasteiger partial charge on any atom is 0.116 e. The fourth-order valence-corrected chi connectivity index (χ4v) is 0.823. The van der Waals surface area contributed by atoms with Crippen LogP contribution in [0.2, 0.25) is 0 Å². The molecule has 2 heteroatoms. The van der Waals surface area contributed by atoms with E-state index in [-0.39, 0.29) is 0 Å². The number of alkyl halides is 1. The van der Waals surface area contributed by atoms with Crippen LogP contribution in [0.25, 0.3) is 0 Å². The average molecular weight is 157 g/mol. The summed E-state index contributed by atoms with van der Waals surface area (Å²) in [6, 6.07) is 1.91. The lowest BCUT2D eigenvalue weighted by Crippen LogP contribution is -2.11. The van der Waals surface area contributed by atoms with E-state index in [4.69, 9.17) is 5.26 Å². The van der Waals surface area contributed by atoms with Crippen LogP contribution in [-0.4, -0.2) is 6.17 Å². The Morgan fingerprint density at radius 3 is 2.18 bits per heavy atom. The lowest BCUT2D eigenvalue weighted by atomic mass is 9.99. The van der Waals surface area contributed by atoms with E-state index in [1.807, 2.05) is 6.07 Å². The first-order valence-electron chi connectivity index (χ1n) is 4.11. The molecular formula is C9H16FN. The number of hydrogen-bond donors (Lipinski definition) is 0. The Kier molecular flexibility index (Phi) is 4.85. The maximum atomic E-state index is 12.9. The van der Waals surface area contributed by atoms with Crippen LogP contribution < -0.4 is 0 Å². The molecule has 0 rings (SSSR count). The van der Waals surface area contributed by atoms with Crippen LogP contribution in [-0.2, 0) is 0 Å². The molecule has 0 amide bonds. The van der Waals surface area contributed by atoms with Crippen molar-refractivity contribution in [2.75, 3.05) is 0 Å². The number of rotatable bonds is 4. The molecule has 64 valence electrons. The molecule has 0 aromatic rings. The Bertz CT molecular complexity index is 137. The predicted molar refractivity (Wildman–Crippen MR) is 43.7 cm³/mol. The van der Waals surface area contributed by atoms with Crippen molar-refractivity contribution in [2.24, 2.45) is 11.8 Å². The third-order valence-corrected chi connectivity index (χ3v) is 1.77. The van der Waals surface area contributed by atoms with Crippen LogP contribution in [0, 0.1) is 23.2 Å². The second-order valence-electron chi connectivity index (χ2n) is 3.40. The van der Waals surface area contributed by atoms with Gasteiger partial charge in [0.15, 0.2) is 0 Å². The zero-order chi connectivity index (χ0) is 8.85. The quantitative estimate of drug-likeness (QED) is 0.615. The van der Waals surface area contributed by atoms with Gasteiger partial charge in [-0.3, -0.25) is 0 Å². The van der Waals surface area contributed by atoms with Gasteiger partial charge in [-0.2, -0.15) is 5.26 Å². The van der Waals surface area contributed by atoms with E-state index in [0.29, 0.717) is 12.3 Å². The summed E-state index contributed by atoms with van der Waals surface area (Å²) in [6.45, 7) is 5.75. The molecule has 0 radical (unpaired) electrons. The molecule has 0 N–H and O–H groups in total. The Balaban J connectivity index is 3.53. The Hall–Kier alpha value is -0.580. The minimum Gasteiger partial charge on any atom is -0.246 e. The van der Waals surface area contributed by atoms with Crippen molar-refractivity contribution >= 4 is 0 Å². The van der Waals surface area contributed by atoms with E-state index in [0.717, 1.165) is 6.42 Å². The van der Waals surface area contributed by atoms with E-state index in [9.17, 15) is 4.39 Å². The third kappa shape index (κ3) is 4.78. The molecule has 0 fully saturated rings. The second-order valence-corrected chi connectivity index (χ2v) is 3.40. The summed E-state index contributed by atoms with van der Waals surface area (Å²) in [7, 11) is 0. The van der Waals surface area contributed by atoms with E-state index < -0.39 is 12.1 Å². The molecule has 0 saturated carbocycles. The van der Waals surface area contributed by atoms with Crippen molar-refractivity contribution in [1.82, 2.24) is 0 Å². The number of halogens is 1. The topological polar surface area (TPSA) is 23.8 Å². The van der Waals surface area contributed by atoms with Gasteiger partial charge in [0.05, 0.1) is 12.0 Å². The predicted octanol–water partition coefficient (Wildman–Crippen LogP) is 2.92. The highest BCUT2D eigenvalue weighted by Gasteiger charge is 2.15. The monoisotopic (exact) mass is 157 g/mol. The largest absolute Gasteiger partial charge is 0.246 e. The first-order chi connectivity index (χ1) is 5.07. The Morgan fingerprint density at radius 1 is 1.27 bits per heavy atom. The summed E-state index contributed by atoms with van der Waals surface area (Å²) < 4.78 is 12.9. The Morgan fingerprint density at radius 2 is 1.82 bits per heavy atom. The van der Waals surface area contributed by atoms with Crippen LogP contribution >= 0.6 is 0 Å². The van der Waals surface area contributed by atoms with Crippen LogP contribution in [0.3, 0.4) is 0 Å². The first-order valence-corrected chi connectivity index (χ1v) is 4.11. The van der Waals surface area contributed by atoms with Gasteiger partial charge in [0, 0.05) is 0 Å². The molecule has 0 bridgehead atoms. The van der Waals surface area contributed by atoms with Crippen molar-refractivity contribution in [3.63, 3.8) is 0 Å². The van der Waals surface area contributed by atoms with Crippen LogP contribution in [0.5, 0.6) is 0 Å². The van der Waals surface area contributed by atoms with Crippen molar-refractivity contribution in [3.8, 4) is 6.07 Å². The van der Waals surface area contributed by atoms with Gasteiger partial charge in [-0.25, -0.2) is 4.39 Å². The molecule has 2 unspecified atom stereocenters. The molecule has 1 nitrogen and oxygen atoms in total. The van der Waals surface area contributed by atoms with Gasteiger partial charge in [-0.15, -0.1) is 0 Å². The minimum absolute atomic E-state index is 0.450. The number of hydrogen-bond acceptors (Lipinski definition) is 1. The van der Waals surface area contributed by atoms with Gasteiger partial charge in [0.2, 0.25) is 0 Å².